The Bertz CT molecular complexity index is 1300. The first-order chi connectivity index (χ1) is 14.7. The summed E-state index contributed by atoms with van der Waals surface area (Å²) in [5, 5.41) is 0.606. The van der Waals surface area contributed by atoms with Crippen molar-refractivity contribution in [2.45, 2.75) is 31.7 Å². The number of anilines is 1. The van der Waals surface area contributed by atoms with E-state index in [0.29, 0.717) is 10.9 Å². The molecule has 0 saturated heterocycles. The highest BCUT2D eigenvalue weighted by Gasteiger charge is 2.22. The highest BCUT2D eigenvalue weighted by Crippen LogP contribution is 2.32. The number of hydrogen-bond acceptors (Lipinski definition) is 6. The van der Waals surface area contributed by atoms with Gasteiger partial charge < -0.3 is 4.42 Å². The Morgan fingerprint density at radius 1 is 1.10 bits per heavy atom. The fourth-order valence-corrected chi connectivity index (χ4v) is 4.92. The van der Waals surface area contributed by atoms with Crippen LogP contribution in [-0.2, 0) is 27.6 Å². The van der Waals surface area contributed by atoms with Gasteiger partial charge in [0, 0.05) is 6.26 Å². The Morgan fingerprint density at radius 3 is 2.45 bits per heavy atom. The molecule has 4 rings (SSSR count). The number of carbonyl (C=O) groups excluding carboxylic acids is 1. The SMILES string of the molecule is Cc1cc2nc(N(Cc3ccco3)C(=O)Cc3ccc(S(C)(=O)=O)cc3)sc2cc1C. The molecule has 0 bridgehead atoms. The van der Waals surface area contributed by atoms with Crippen LogP contribution in [0.4, 0.5) is 5.13 Å². The average Bonchev–Trinajstić information content (AvgIpc) is 3.35. The van der Waals surface area contributed by atoms with Gasteiger partial charge in [-0.25, -0.2) is 13.4 Å². The van der Waals surface area contributed by atoms with Gasteiger partial charge in [0.15, 0.2) is 15.0 Å². The number of rotatable bonds is 6. The topological polar surface area (TPSA) is 80.5 Å². The molecule has 2 aromatic carbocycles. The monoisotopic (exact) mass is 454 g/mol. The molecule has 0 spiro atoms. The van der Waals surface area contributed by atoms with Crippen LogP contribution in [0.3, 0.4) is 0 Å². The molecule has 31 heavy (non-hydrogen) atoms. The predicted molar refractivity (Wildman–Crippen MR) is 122 cm³/mol. The maximum atomic E-state index is 13.3. The highest BCUT2D eigenvalue weighted by atomic mass is 32.2. The molecule has 0 unspecified atom stereocenters. The first kappa shape index (κ1) is 21.3. The molecule has 8 heteroatoms. The number of aryl methyl sites for hydroxylation is 2. The summed E-state index contributed by atoms with van der Waals surface area (Å²) < 4.78 is 29.8. The summed E-state index contributed by atoms with van der Waals surface area (Å²) in [6.45, 7) is 4.37. The van der Waals surface area contributed by atoms with E-state index in [4.69, 9.17) is 9.40 Å². The molecule has 0 saturated carbocycles. The van der Waals surface area contributed by atoms with E-state index < -0.39 is 9.84 Å². The number of fused-ring (bicyclic) bond motifs is 1. The highest BCUT2D eigenvalue weighted by molar-refractivity contribution is 7.90. The smallest absolute Gasteiger partial charge is 0.233 e. The van der Waals surface area contributed by atoms with Gasteiger partial charge in [-0.15, -0.1) is 0 Å². The molecule has 4 aromatic rings. The number of carbonyl (C=O) groups is 1. The number of thiazole rings is 1. The van der Waals surface area contributed by atoms with Gasteiger partial charge in [0.1, 0.15) is 5.76 Å². The number of benzene rings is 2. The van der Waals surface area contributed by atoms with Crippen molar-refractivity contribution >= 4 is 42.4 Å². The van der Waals surface area contributed by atoms with Crippen molar-refractivity contribution in [1.82, 2.24) is 4.98 Å². The Labute approximate surface area is 185 Å². The molecule has 6 nitrogen and oxygen atoms in total. The minimum atomic E-state index is -3.28. The molecule has 0 atom stereocenters. The van der Waals surface area contributed by atoms with Crippen molar-refractivity contribution in [3.8, 4) is 0 Å². The van der Waals surface area contributed by atoms with Crippen molar-refractivity contribution < 1.29 is 17.6 Å². The zero-order valence-electron chi connectivity index (χ0n) is 17.5. The van der Waals surface area contributed by atoms with Gasteiger partial charge in [0.05, 0.1) is 34.3 Å². The molecule has 0 radical (unpaired) electrons. The van der Waals surface area contributed by atoms with Gasteiger partial charge in [-0.3, -0.25) is 9.69 Å². The van der Waals surface area contributed by atoms with Crippen LogP contribution in [-0.4, -0.2) is 25.6 Å². The van der Waals surface area contributed by atoms with E-state index >= 15 is 0 Å². The fraction of sp³-hybridized carbons (Fsp3) is 0.217. The maximum absolute atomic E-state index is 13.3. The molecular formula is C23H22N2O4S2. The lowest BCUT2D eigenvalue weighted by atomic mass is 10.1. The summed E-state index contributed by atoms with van der Waals surface area (Å²) >= 11 is 1.47. The lowest BCUT2D eigenvalue weighted by Gasteiger charge is -2.19. The zero-order valence-corrected chi connectivity index (χ0v) is 19.1. The predicted octanol–water partition coefficient (Wildman–Crippen LogP) is 4.69. The van der Waals surface area contributed by atoms with Crippen LogP contribution >= 0.6 is 11.3 Å². The quantitative estimate of drug-likeness (QED) is 0.422. The summed E-state index contributed by atoms with van der Waals surface area (Å²) in [6.07, 6.45) is 2.86. The third-order valence-electron chi connectivity index (χ3n) is 5.13. The minimum absolute atomic E-state index is 0.124. The van der Waals surface area contributed by atoms with Gasteiger partial charge in [0.2, 0.25) is 5.91 Å². The van der Waals surface area contributed by atoms with E-state index in [0.717, 1.165) is 27.6 Å². The van der Waals surface area contributed by atoms with Crippen molar-refractivity contribution in [1.29, 1.82) is 0 Å². The molecule has 2 aromatic heterocycles. The van der Waals surface area contributed by atoms with Gasteiger partial charge in [0.25, 0.3) is 0 Å². The second-order valence-corrected chi connectivity index (χ2v) is 10.6. The molecule has 2 heterocycles. The van der Waals surface area contributed by atoms with Crippen molar-refractivity contribution in [3.63, 3.8) is 0 Å². The summed E-state index contributed by atoms with van der Waals surface area (Å²) in [6, 6.07) is 14.1. The van der Waals surface area contributed by atoms with E-state index in [1.54, 1.807) is 29.4 Å². The first-order valence-electron chi connectivity index (χ1n) is 9.70. The van der Waals surface area contributed by atoms with E-state index in [1.807, 2.05) is 19.1 Å². The average molecular weight is 455 g/mol. The van der Waals surface area contributed by atoms with Crippen LogP contribution in [0.15, 0.2) is 64.1 Å². The van der Waals surface area contributed by atoms with Crippen LogP contribution < -0.4 is 4.90 Å². The van der Waals surface area contributed by atoms with Crippen molar-refractivity contribution in [3.05, 3.63) is 77.2 Å². The van der Waals surface area contributed by atoms with E-state index in [9.17, 15) is 13.2 Å². The van der Waals surface area contributed by atoms with Crippen LogP contribution in [0.2, 0.25) is 0 Å². The molecule has 0 aliphatic heterocycles. The fourth-order valence-electron chi connectivity index (χ4n) is 3.23. The van der Waals surface area contributed by atoms with Crippen LogP contribution in [0, 0.1) is 13.8 Å². The van der Waals surface area contributed by atoms with Gasteiger partial charge >= 0.3 is 0 Å². The van der Waals surface area contributed by atoms with Gasteiger partial charge in [-0.05, 0) is 66.9 Å². The summed E-state index contributed by atoms with van der Waals surface area (Å²) in [4.78, 5) is 19.8. The number of hydrogen-bond donors (Lipinski definition) is 0. The molecule has 160 valence electrons. The number of amides is 1. The zero-order chi connectivity index (χ0) is 22.2. The molecular weight excluding hydrogens is 432 g/mol. The third-order valence-corrected chi connectivity index (χ3v) is 7.30. The molecule has 0 fully saturated rings. The number of aromatic nitrogens is 1. The molecule has 0 aliphatic carbocycles. The summed E-state index contributed by atoms with van der Waals surface area (Å²) in [5.41, 5.74) is 3.92. The molecule has 1 amide bonds. The number of nitrogens with zero attached hydrogens (tertiary/aromatic N) is 2. The van der Waals surface area contributed by atoms with E-state index in [-0.39, 0.29) is 23.8 Å². The first-order valence-corrected chi connectivity index (χ1v) is 12.4. The Morgan fingerprint density at radius 2 is 1.81 bits per heavy atom. The van der Waals surface area contributed by atoms with Crippen LogP contribution in [0.5, 0.6) is 0 Å². The summed E-state index contributed by atoms with van der Waals surface area (Å²) in [5.74, 6) is 0.517. The van der Waals surface area contributed by atoms with Crippen LogP contribution in [0.25, 0.3) is 10.2 Å². The van der Waals surface area contributed by atoms with Gasteiger partial charge in [-0.2, -0.15) is 0 Å². The minimum Gasteiger partial charge on any atom is -0.467 e. The summed E-state index contributed by atoms with van der Waals surface area (Å²) in [7, 11) is -3.28. The molecule has 0 N–H and O–H groups in total. The van der Waals surface area contributed by atoms with Gasteiger partial charge in [-0.1, -0.05) is 23.5 Å². The number of sulfone groups is 1. The second kappa shape index (κ2) is 8.28. The third kappa shape index (κ3) is 4.70. The standard InChI is InChI=1S/C23H22N2O4S2/c1-15-11-20-21(12-16(15)2)30-23(24-20)25(14-18-5-4-10-29-18)22(26)13-17-6-8-19(9-7-17)31(3,27)28/h4-12H,13-14H2,1-3H3. The van der Waals surface area contributed by atoms with E-state index in [2.05, 4.69) is 13.0 Å². The lowest BCUT2D eigenvalue weighted by molar-refractivity contribution is -0.118. The van der Waals surface area contributed by atoms with Crippen molar-refractivity contribution in [2.24, 2.45) is 0 Å². The van der Waals surface area contributed by atoms with Crippen LogP contribution in [0.1, 0.15) is 22.5 Å². The normalized spacial score (nSPS) is 11.7. The van der Waals surface area contributed by atoms with Crippen molar-refractivity contribution in [2.75, 3.05) is 11.2 Å². The maximum Gasteiger partial charge on any atom is 0.233 e. The lowest BCUT2D eigenvalue weighted by Crippen LogP contribution is -2.31. The Kier molecular flexibility index (Phi) is 5.68. The Hall–Kier alpha value is -2.97. The van der Waals surface area contributed by atoms with E-state index in [1.165, 1.54) is 29.0 Å². The Balaban J connectivity index is 1.65. The molecule has 0 aliphatic rings. The number of furan rings is 1. The second-order valence-electron chi connectivity index (χ2n) is 7.55. The largest absolute Gasteiger partial charge is 0.467 e.